The second-order valence-corrected chi connectivity index (χ2v) is 5.36. The van der Waals surface area contributed by atoms with Gasteiger partial charge in [-0.05, 0) is 42.0 Å². The molecule has 0 saturated heterocycles. The summed E-state index contributed by atoms with van der Waals surface area (Å²) in [5, 5.41) is 7.75. The van der Waals surface area contributed by atoms with E-state index < -0.39 is 0 Å². The number of amides is 1. The Morgan fingerprint density at radius 1 is 1.17 bits per heavy atom. The number of nitrogens with zero attached hydrogens (tertiary/aromatic N) is 1. The number of benzene rings is 2. The highest BCUT2D eigenvalue weighted by Crippen LogP contribution is 2.21. The predicted molar refractivity (Wildman–Crippen MR) is 93.7 cm³/mol. The summed E-state index contributed by atoms with van der Waals surface area (Å²) in [7, 11) is 1.60. The van der Waals surface area contributed by atoms with Gasteiger partial charge in [0.2, 0.25) is 0 Å². The Hall–Kier alpha value is -2.24. The van der Waals surface area contributed by atoms with Crippen molar-refractivity contribution in [2.45, 2.75) is 0 Å². The van der Waals surface area contributed by atoms with E-state index in [9.17, 15) is 4.79 Å². The number of nitrogens with one attached hydrogen (secondary N) is 2. The Morgan fingerprint density at radius 3 is 2.57 bits per heavy atom. The van der Waals surface area contributed by atoms with Crippen LogP contribution in [0.15, 0.2) is 47.6 Å². The number of halogens is 2. The summed E-state index contributed by atoms with van der Waals surface area (Å²) in [6.45, 7) is 0.102. The molecule has 0 aromatic heterocycles. The van der Waals surface area contributed by atoms with Gasteiger partial charge >= 0.3 is 0 Å². The lowest BCUT2D eigenvalue weighted by atomic mass is 10.2. The molecule has 0 aliphatic rings. The van der Waals surface area contributed by atoms with Gasteiger partial charge in [0.05, 0.1) is 29.9 Å². The van der Waals surface area contributed by atoms with E-state index in [2.05, 4.69) is 15.8 Å². The first-order valence-corrected chi connectivity index (χ1v) is 7.49. The number of hydrogen-bond acceptors (Lipinski definition) is 4. The molecule has 2 rings (SSSR count). The van der Waals surface area contributed by atoms with E-state index >= 15 is 0 Å². The molecule has 23 heavy (non-hydrogen) atoms. The van der Waals surface area contributed by atoms with Gasteiger partial charge in [-0.3, -0.25) is 4.79 Å². The average Bonchev–Trinajstić information content (AvgIpc) is 2.56. The molecule has 2 aromatic rings. The van der Waals surface area contributed by atoms with Gasteiger partial charge in [0.1, 0.15) is 5.75 Å². The smallest absolute Gasteiger partial charge is 0.259 e. The van der Waals surface area contributed by atoms with Gasteiger partial charge in [0.15, 0.2) is 0 Å². The number of ether oxygens (including phenoxy) is 1. The van der Waals surface area contributed by atoms with Crippen LogP contribution in [-0.4, -0.2) is 25.8 Å². The Bertz CT molecular complexity index is 703. The molecule has 0 atom stereocenters. The summed E-state index contributed by atoms with van der Waals surface area (Å²) >= 11 is 11.7. The standard InChI is InChI=1S/C16H15Cl2N3O2/c1-23-13-5-3-12(4-6-13)19-10-16(22)21-20-9-11-2-7-14(17)15(18)8-11/h2-9,19H,10H2,1H3,(H,21,22). The third-order valence-corrected chi connectivity index (χ3v) is 3.63. The van der Waals surface area contributed by atoms with E-state index in [1.165, 1.54) is 6.21 Å². The molecule has 0 aliphatic carbocycles. The van der Waals surface area contributed by atoms with E-state index in [0.717, 1.165) is 17.0 Å². The van der Waals surface area contributed by atoms with Crippen molar-refractivity contribution in [1.82, 2.24) is 5.43 Å². The molecule has 0 saturated carbocycles. The van der Waals surface area contributed by atoms with Crippen LogP contribution in [0.5, 0.6) is 5.75 Å². The van der Waals surface area contributed by atoms with E-state index in [1.807, 2.05) is 24.3 Å². The van der Waals surface area contributed by atoms with Crippen LogP contribution in [-0.2, 0) is 4.79 Å². The highest BCUT2D eigenvalue weighted by molar-refractivity contribution is 6.42. The number of hydrazone groups is 1. The fraction of sp³-hybridized carbons (Fsp3) is 0.125. The van der Waals surface area contributed by atoms with Crippen LogP contribution in [0.2, 0.25) is 10.0 Å². The van der Waals surface area contributed by atoms with E-state index in [0.29, 0.717) is 10.0 Å². The maximum atomic E-state index is 11.7. The first-order chi connectivity index (χ1) is 11.1. The molecule has 5 nitrogen and oxygen atoms in total. The lowest BCUT2D eigenvalue weighted by Crippen LogP contribution is -2.25. The van der Waals surface area contributed by atoms with Crippen molar-refractivity contribution in [2.24, 2.45) is 5.10 Å². The Balaban J connectivity index is 1.79. The molecule has 0 spiro atoms. The Kier molecular flexibility index (Phi) is 6.26. The van der Waals surface area contributed by atoms with Crippen LogP contribution in [0.4, 0.5) is 5.69 Å². The number of carbonyl (C=O) groups excluding carboxylic acids is 1. The molecule has 0 heterocycles. The summed E-state index contributed by atoms with van der Waals surface area (Å²) in [5.41, 5.74) is 3.98. The quantitative estimate of drug-likeness (QED) is 0.617. The molecule has 2 N–H and O–H groups in total. The lowest BCUT2D eigenvalue weighted by molar-refractivity contribution is -0.119. The first kappa shape index (κ1) is 17.1. The van der Waals surface area contributed by atoms with Gasteiger partial charge in [0, 0.05) is 5.69 Å². The zero-order chi connectivity index (χ0) is 16.7. The highest BCUT2D eigenvalue weighted by atomic mass is 35.5. The lowest BCUT2D eigenvalue weighted by Gasteiger charge is -2.06. The van der Waals surface area contributed by atoms with Crippen molar-refractivity contribution in [2.75, 3.05) is 19.0 Å². The number of anilines is 1. The van der Waals surface area contributed by atoms with Crippen LogP contribution >= 0.6 is 23.2 Å². The Morgan fingerprint density at radius 2 is 1.91 bits per heavy atom. The van der Waals surface area contributed by atoms with Crippen LogP contribution < -0.4 is 15.5 Å². The molecule has 2 aromatic carbocycles. The summed E-state index contributed by atoms with van der Waals surface area (Å²) in [6, 6.07) is 12.3. The second-order valence-electron chi connectivity index (χ2n) is 4.55. The summed E-state index contributed by atoms with van der Waals surface area (Å²) < 4.78 is 5.06. The zero-order valence-corrected chi connectivity index (χ0v) is 13.9. The summed E-state index contributed by atoms with van der Waals surface area (Å²) in [6.07, 6.45) is 1.49. The van der Waals surface area contributed by atoms with Gasteiger partial charge in [-0.25, -0.2) is 5.43 Å². The van der Waals surface area contributed by atoms with Gasteiger partial charge in [-0.1, -0.05) is 29.3 Å². The highest BCUT2D eigenvalue weighted by Gasteiger charge is 2.00. The van der Waals surface area contributed by atoms with E-state index in [-0.39, 0.29) is 12.5 Å². The van der Waals surface area contributed by atoms with Gasteiger partial charge in [-0.2, -0.15) is 5.10 Å². The van der Waals surface area contributed by atoms with Crippen molar-refractivity contribution in [1.29, 1.82) is 0 Å². The SMILES string of the molecule is COc1ccc(NCC(=O)NN=Cc2ccc(Cl)c(Cl)c2)cc1. The minimum atomic E-state index is -0.267. The van der Waals surface area contributed by atoms with Gasteiger partial charge in [-0.15, -0.1) is 0 Å². The normalized spacial score (nSPS) is 10.6. The predicted octanol–water partition coefficient (Wildman–Crippen LogP) is 3.56. The van der Waals surface area contributed by atoms with Crippen LogP contribution in [0, 0.1) is 0 Å². The second kappa shape index (κ2) is 8.41. The molecule has 0 unspecified atom stereocenters. The molecule has 0 aliphatic heterocycles. The summed E-state index contributed by atoms with van der Waals surface area (Å²) in [4.78, 5) is 11.7. The van der Waals surface area contributed by atoms with Crippen LogP contribution in [0.1, 0.15) is 5.56 Å². The fourth-order valence-electron chi connectivity index (χ4n) is 1.70. The number of carbonyl (C=O) groups is 1. The van der Waals surface area contributed by atoms with Crippen molar-refractivity contribution in [3.8, 4) is 5.75 Å². The molecular weight excluding hydrogens is 337 g/mol. The Labute approximate surface area is 144 Å². The molecule has 0 fully saturated rings. The molecule has 1 amide bonds. The van der Waals surface area contributed by atoms with Crippen LogP contribution in [0.25, 0.3) is 0 Å². The molecule has 7 heteroatoms. The van der Waals surface area contributed by atoms with Gasteiger partial charge in [0.25, 0.3) is 5.91 Å². The number of hydrogen-bond donors (Lipinski definition) is 2. The third kappa shape index (κ3) is 5.47. The van der Waals surface area contributed by atoms with Crippen molar-refractivity contribution in [3.63, 3.8) is 0 Å². The molecule has 0 radical (unpaired) electrons. The third-order valence-electron chi connectivity index (χ3n) is 2.89. The molecular formula is C16H15Cl2N3O2. The minimum absolute atomic E-state index is 0.102. The number of rotatable bonds is 6. The monoisotopic (exact) mass is 351 g/mol. The van der Waals surface area contributed by atoms with Crippen molar-refractivity contribution >= 4 is 41.0 Å². The fourth-order valence-corrected chi connectivity index (χ4v) is 2.01. The largest absolute Gasteiger partial charge is 0.497 e. The maximum Gasteiger partial charge on any atom is 0.259 e. The summed E-state index contributed by atoms with van der Waals surface area (Å²) in [5.74, 6) is 0.489. The molecule has 0 bridgehead atoms. The average molecular weight is 352 g/mol. The maximum absolute atomic E-state index is 11.7. The first-order valence-electron chi connectivity index (χ1n) is 6.73. The van der Waals surface area contributed by atoms with Crippen LogP contribution in [0.3, 0.4) is 0 Å². The number of methoxy groups -OCH3 is 1. The topological polar surface area (TPSA) is 62.7 Å². The van der Waals surface area contributed by atoms with E-state index in [4.69, 9.17) is 27.9 Å². The minimum Gasteiger partial charge on any atom is -0.497 e. The van der Waals surface area contributed by atoms with Crippen molar-refractivity contribution in [3.05, 3.63) is 58.1 Å². The van der Waals surface area contributed by atoms with Gasteiger partial charge < -0.3 is 10.1 Å². The zero-order valence-electron chi connectivity index (χ0n) is 12.3. The van der Waals surface area contributed by atoms with Crippen molar-refractivity contribution < 1.29 is 9.53 Å². The van der Waals surface area contributed by atoms with E-state index in [1.54, 1.807) is 25.3 Å². The molecule has 120 valence electrons.